The minimum atomic E-state index is -3.30. The minimum absolute atomic E-state index is 0.113. The molecule has 0 saturated carbocycles. The van der Waals surface area contributed by atoms with E-state index in [1.807, 2.05) is 6.92 Å². The third kappa shape index (κ3) is 3.98. The molecule has 134 valence electrons. The first-order chi connectivity index (χ1) is 11.8. The Morgan fingerprint density at radius 1 is 1.40 bits per heavy atom. The van der Waals surface area contributed by atoms with E-state index in [9.17, 15) is 13.2 Å². The molecule has 0 aliphatic carbocycles. The average molecular weight is 363 g/mol. The number of nitrogens with one attached hydrogen (secondary N) is 1. The van der Waals surface area contributed by atoms with E-state index in [0.717, 1.165) is 18.4 Å². The zero-order chi connectivity index (χ0) is 18.0. The lowest BCUT2D eigenvalue weighted by atomic mass is 10.0. The molecule has 25 heavy (non-hydrogen) atoms. The van der Waals surface area contributed by atoms with Crippen LogP contribution in [0.3, 0.4) is 0 Å². The Hall–Kier alpha value is -2.42. The highest BCUT2D eigenvalue weighted by Crippen LogP contribution is 2.29. The maximum atomic E-state index is 12.5. The van der Waals surface area contributed by atoms with E-state index in [1.54, 1.807) is 29.2 Å². The zero-order valence-corrected chi connectivity index (χ0v) is 15.0. The number of rotatable bonds is 5. The van der Waals surface area contributed by atoms with Crippen LogP contribution in [0.5, 0.6) is 0 Å². The van der Waals surface area contributed by atoms with Gasteiger partial charge in [0, 0.05) is 18.2 Å². The first-order valence-electron chi connectivity index (χ1n) is 8.08. The lowest BCUT2D eigenvalue weighted by molar-refractivity contribution is 0.0936. The Kier molecular flexibility index (Phi) is 4.76. The SMILES string of the molecule is CC(Cn1cncn1)NC(=O)c1ccc2c(c1)CCCN2S(C)(=O)=O. The summed E-state index contributed by atoms with van der Waals surface area (Å²) >= 11 is 0. The summed E-state index contributed by atoms with van der Waals surface area (Å²) in [6.45, 7) is 2.90. The number of benzene rings is 1. The van der Waals surface area contributed by atoms with Gasteiger partial charge in [-0.15, -0.1) is 0 Å². The molecule has 0 radical (unpaired) electrons. The number of nitrogens with zero attached hydrogens (tertiary/aromatic N) is 4. The lowest BCUT2D eigenvalue weighted by Gasteiger charge is -2.29. The summed E-state index contributed by atoms with van der Waals surface area (Å²) in [5.74, 6) is -0.188. The van der Waals surface area contributed by atoms with Crippen LogP contribution in [0, 0.1) is 0 Å². The van der Waals surface area contributed by atoms with Crippen LogP contribution in [0.4, 0.5) is 5.69 Å². The van der Waals surface area contributed by atoms with Gasteiger partial charge >= 0.3 is 0 Å². The van der Waals surface area contributed by atoms with Crippen molar-refractivity contribution in [2.75, 3.05) is 17.1 Å². The van der Waals surface area contributed by atoms with Crippen molar-refractivity contribution in [1.82, 2.24) is 20.1 Å². The number of hydrogen-bond acceptors (Lipinski definition) is 5. The van der Waals surface area contributed by atoms with Crippen LogP contribution in [0.25, 0.3) is 0 Å². The molecule has 8 nitrogen and oxygen atoms in total. The zero-order valence-electron chi connectivity index (χ0n) is 14.2. The molecular formula is C16H21N5O3S. The highest BCUT2D eigenvalue weighted by molar-refractivity contribution is 7.92. The lowest BCUT2D eigenvalue weighted by Crippen LogP contribution is -2.36. The quantitative estimate of drug-likeness (QED) is 0.848. The first kappa shape index (κ1) is 17.4. The van der Waals surface area contributed by atoms with Crippen molar-refractivity contribution >= 4 is 21.6 Å². The summed E-state index contributed by atoms with van der Waals surface area (Å²) in [6.07, 6.45) is 5.76. The van der Waals surface area contributed by atoms with Crippen molar-refractivity contribution < 1.29 is 13.2 Å². The normalized spacial score (nSPS) is 15.5. The van der Waals surface area contributed by atoms with Crippen LogP contribution in [0.15, 0.2) is 30.9 Å². The molecule has 2 aromatic rings. The van der Waals surface area contributed by atoms with Gasteiger partial charge in [-0.2, -0.15) is 5.10 Å². The predicted octanol–water partition coefficient (Wildman–Crippen LogP) is 0.809. The van der Waals surface area contributed by atoms with Crippen molar-refractivity contribution in [1.29, 1.82) is 0 Å². The molecular weight excluding hydrogens is 342 g/mol. The molecule has 2 heterocycles. The predicted molar refractivity (Wildman–Crippen MR) is 93.9 cm³/mol. The van der Waals surface area contributed by atoms with Gasteiger partial charge in [0.15, 0.2) is 0 Å². The molecule has 1 N–H and O–H groups in total. The van der Waals surface area contributed by atoms with Crippen LogP contribution in [0.1, 0.15) is 29.3 Å². The standard InChI is InChI=1S/C16H21N5O3S/c1-12(9-20-11-17-10-18-20)19-16(22)14-5-6-15-13(8-14)4-3-7-21(15)25(2,23)24/h5-6,8,10-12H,3-4,7,9H2,1-2H3,(H,19,22). The van der Waals surface area contributed by atoms with E-state index in [0.29, 0.717) is 24.3 Å². The summed E-state index contributed by atoms with van der Waals surface area (Å²) in [5.41, 5.74) is 2.08. The molecule has 1 unspecified atom stereocenters. The van der Waals surface area contributed by atoms with E-state index >= 15 is 0 Å². The highest BCUT2D eigenvalue weighted by Gasteiger charge is 2.24. The van der Waals surface area contributed by atoms with Crippen LogP contribution >= 0.6 is 0 Å². The number of amides is 1. The van der Waals surface area contributed by atoms with E-state index in [-0.39, 0.29) is 11.9 Å². The van der Waals surface area contributed by atoms with Crippen molar-refractivity contribution in [3.63, 3.8) is 0 Å². The molecule has 9 heteroatoms. The number of aryl methyl sites for hydroxylation is 1. The first-order valence-corrected chi connectivity index (χ1v) is 9.93. The van der Waals surface area contributed by atoms with Crippen LogP contribution < -0.4 is 9.62 Å². The second-order valence-electron chi connectivity index (χ2n) is 6.27. The Balaban J connectivity index is 1.74. The fourth-order valence-corrected chi connectivity index (χ4v) is 4.00. The minimum Gasteiger partial charge on any atom is -0.348 e. The summed E-state index contributed by atoms with van der Waals surface area (Å²) in [7, 11) is -3.30. The van der Waals surface area contributed by atoms with Crippen LogP contribution in [0.2, 0.25) is 0 Å². The van der Waals surface area contributed by atoms with Gasteiger partial charge < -0.3 is 5.32 Å². The van der Waals surface area contributed by atoms with Gasteiger partial charge in [0.1, 0.15) is 12.7 Å². The smallest absolute Gasteiger partial charge is 0.251 e. The molecule has 0 fully saturated rings. The van der Waals surface area contributed by atoms with Gasteiger partial charge in [0.25, 0.3) is 5.91 Å². The molecule has 3 rings (SSSR count). The summed E-state index contributed by atoms with van der Waals surface area (Å²) < 4.78 is 26.9. The molecule has 0 spiro atoms. The summed E-state index contributed by atoms with van der Waals surface area (Å²) in [4.78, 5) is 16.3. The number of carbonyl (C=O) groups excluding carboxylic acids is 1. The Labute approximate surface area is 146 Å². The topological polar surface area (TPSA) is 97.2 Å². The van der Waals surface area contributed by atoms with Gasteiger partial charge in [0.2, 0.25) is 10.0 Å². The number of carbonyl (C=O) groups is 1. The van der Waals surface area contributed by atoms with Crippen molar-refractivity contribution in [3.8, 4) is 0 Å². The molecule has 1 aromatic heterocycles. The number of aromatic nitrogens is 3. The second kappa shape index (κ2) is 6.83. The van der Waals surface area contributed by atoms with Crippen LogP contribution in [-0.2, 0) is 23.0 Å². The number of sulfonamides is 1. The monoisotopic (exact) mass is 363 g/mol. The number of anilines is 1. The Bertz CT molecular complexity index is 864. The summed E-state index contributed by atoms with van der Waals surface area (Å²) in [6, 6.07) is 5.05. The maximum Gasteiger partial charge on any atom is 0.251 e. The highest BCUT2D eigenvalue weighted by atomic mass is 32.2. The third-order valence-corrected chi connectivity index (χ3v) is 5.30. The van der Waals surface area contributed by atoms with Crippen LogP contribution in [-0.4, -0.2) is 47.9 Å². The average Bonchev–Trinajstić information content (AvgIpc) is 3.05. The van der Waals surface area contributed by atoms with Gasteiger partial charge in [-0.3, -0.25) is 13.8 Å². The molecule has 1 aliphatic heterocycles. The van der Waals surface area contributed by atoms with Crippen molar-refractivity contribution in [2.45, 2.75) is 32.4 Å². The molecule has 1 aromatic carbocycles. The largest absolute Gasteiger partial charge is 0.348 e. The van der Waals surface area contributed by atoms with Gasteiger partial charge in [-0.1, -0.05) is 0 Å². The molecule has 0 bridgehead atoms. The second-order valence-corrected chi connectivity index (χ2v) is 8.18. The van der Waals surface area contributed by atoms with Crippen molar-refractivity contribution in [2.24, 2.45) is 0 Å². The van der Waals surface area contributed by atoms with Gasteiger partial charge in [0.05, 0.1) is 18.5 Å². The molecule has 0 saturated heterocycles. The van der Waals surface area contributed by atoms with E-state index in [4.69, 9.17) is 0 Å². The summed E-state index contributed by atoms with van der Waals surface area (Å²) in [5, 5.41) is 6.94. The molecule has 1 atom stereocenters. The van der Waals surface area contributed by atoms with Gasteiger partial charge in [-0.25, -0.2) is 13.4 Å². The maximum absolute atomic E-state index is 12.5. The fourth-order valence-electron chi connectivity index (χ4n) is 3.01. The molecule has 1 aliphatic rings. The Morgan fingerprint density at radius 2 is 2.20 bits per heavy atom. The molecule has 1 amide bonds. The number of hydrogen-bond donors (Lipinski definition) is 1. The third-order valence-electron chi connectivity index (χ3n) is 4.12. The van der Waals surface area contributed by atoms with E-state index in [2.05, 4.69) is 15.4 Å². The van der Waals surface area contributed by atoms with E-state index < -0.39 is 10.0 Å². The van der Waals surface area contributed by atoms with Gasteiger partial charge in [-0.05, 0) is 43.5 Å². The van der Waals surface area contributed by atoms with Crippen molar-refractivity contribution in [3.05, 3.63) is 42.0 Å². The number of fused-ring (bicyclic) bond motifs is 1. The van der Waals surface area contributed by atoms with E-state index in [1.165, 1.54) is 16.9 Å². The fraction of sp³-hybridized carbons (Fsp3) is 0.438. The Morgan fingerprint density at radius 3 is 2.88 bits per heavy atom.